The lowest BCUT2D eigenvalue weighted by molar-refractivity contribution is 0.657. The Hall–Kier alpha value is -0.0400. The molecule has 0 aromatic heterocycles. The van der Waals surface area contributed by atoms with Gasteiger partial charge in [0.25, 0.3) is 0 Å². The van der Waals surface area contributed by atoms with Crippen LogP contribution in [0.15, 0.2) is 0 Å². The van der Waals surface area contributed by atoms with Crippen molar-refractivity contribution in [1.82, 2.24) is 5.32 Å². The van der Waals surface area contributed by atoms with Gasteiger partial charge in [-0.2, -0.15) is 0 Å². The normalized spacial score (nSPS) is 9.75. The van der Waals surface area contributed by atoms with Crippen LogP contribution < -0.4 is 5.32 Å². The minimum Gasteiger partial charge on any atom is -0.317 e. The van der Waals surface area contributed by atoms with Crippen LogP contribution in [0.2, 0.25) is 0 Å². The maximum absolute atomic E-state index is 3.73. The van der Waals surface area contributed by atoms with Gasteiger partial charge in [0.2, 0.25) is 0 Å². The molecule has 8 heavy (non-hydrogen) atoms. The van der Waals surface area contributed by atoms with Crippen molar-refractivity contribution in [1.29, 1.82) is 0 Å². The highest BCUT2D eigenvalue weighted by Crippen LogP contribution is 1.81. The van der Waals surface area contributed by atoms with Crippen molar-refractivity contribution in [2.45, 2.75) is 19.3 Å². The standard InChI is InChI=1S/C7H15N/c1-3-5-7-8-6-4-2/h8H,1-7H2. The molecule has 0 saturated heterocycles. The van der Waals surface area contributed by atoms with E-state index < -0.39 is 0 Å². The van der Waals surface area contributed by atoms with E-state index in [-0.39, 0.29) is 0 Å². The summed E-state index contributed by atoms with van der Waals surface area (Å²) in [5.41, 5.74) is 0. The molecule has 0 saturated carbocycles. The van der Waals surface area contributed by atoms with E-state index in [2.05, 4.69) is 19.2 Å². The summed E-state index contributed by atoms with van der Waals surface area (Å²) < 4.78 is 0. The molecular formula is C7H15N. The molecule has 0 fully saturated rings. The van der Waals surface area contributed by atoms with Crippen molar-refractivity contribution in [3.8, 4) is 0 Å². The maximum atomic E-state index is 3.73. The summed E-state index contributed by atoms with van der Waals surface area (Å²) in [6.07, 6.45) is 3.20. The molecule has 1 heteroatoms. The molecule has 1 N–H and O–H groups in total. The second kappa shape index (κ2) is 6.96. The van der Waals surface area contributed by atoms with Crippen LogP contribution in [0.25, 0.3) is 0 Å². The van der Waals surface area contributed by atoms with E-state index in [1.54, 1.807) is 0 Å². The van der Waals surface area contributed by atoms with Gasteiger partial charge in [0.15, 0.2) is 0 Å². The predicted octanol–water partition coefficient (Wildman–Crippen LogP) is 1.41. The van der Waals surface area contributed by atoms with Gasteiger partial charge in [0.05, 0.1) is 0 Å². The number of hydrogen-bond donors (Lipinski definition) is 1. The summed E-state index contributed by atoms with van der Waals surface area (Å²) in [7, 11) is 0. The fourth-order valence-electron chi connectivity index (χ4n) is 0.500. The Labute approximate surface area is 52.5 Å². The average Bonchev–Trinajstić information content (AvgIpc) is 1.81. The molecule has 48 valence electrons. The number of nitrogens with one attached hydrogen (secondary N) is 1. The zero-order chi connectivity index (χ0) is 6.24. The SMILES string of the molecule is [CH2]CCCNCC[CH2]. The zero-order valence-electron chi connectivity index (χ0n) is 5.45. The van der Waals surface area contributed by atoms with Crippen molar-refractivity contribution in [2.24, 2.45) is 0 Å². The largest absolute Gasteiger partial charge is 0.317 e. The third-order valence-corrected chi connectivity index (χ3v) is 0.957. The van der Waals surface area contributed by atoms with Crippen LogP contribution in [-0.4, -0.2) is 13.1 Å². The summed E-state index contributed by atoms with van der Waals surface area (Å²) in [6, 6.07) is 0. The van der Waals surface area contributed by atoms with Crippen molar-refractivity contribution >= 4 is 0 Å². The molecule has 0 unspecified atom stereocenters. The molecule has 0 amide bonds. The lowest BCUT2D eigenvalue weighted by Crippen LogP contribution is -2.15. The van der Waals surface area contributed by atoms with Gasteiger partial charge in [-0.3, -0.25) is 0 Å². The lowest BCUT2D eigenvalue weighted by atomic mass is 10.3. The van der Waals surface area contributed by atoms with Crippen LogP contribution in [-0.2, 0) is 0 Å². The van der Waals surface area contributed by atoms with Crippen LogP contribution in [0.1, 0.15) is 19.3 Å². The van der Waals surface area contributed by atoms with Gasteiger partial charge in [-0.15, -0.1) is 0 Å². The smallest absolute Gasteiger partial charge is 0.00489 e. The fraction of sp³-hybridized carbons (Fsp3) is 0.714. The summed E-state index contributed by atoms with van der Waals surface area (Å²) in [6.45, 7) is 9.57. The highest BCUT2D eigenvalue weighted by molar-refractivity contribution is 4.49. The van der Waals surface area contributed by atoms with Crippen molar-refractivity contribution < 1.29 is 0 Å². The Morgan fingerprint density at radius 2 is 1.75 bits per heavy atom. The highest BCUT2D eigenvalue weighted by Gasteiger charge is 1.80. The van der Waals surface area contributed by atoms with Crippen molar-refractivity contribution in [3.63, 3.8) is 0 Å². The first kappa shape index (κ1) is 7.96. The summed E-state index contributed by atoms with van der Waals surface area (Å²) in [5, 5.41) is 3.23. The van der Waals surface area contributed by atoms with Gasteiger partial charge < -0.3 is 5.32 Å². The summed E-state index contributed by atoms with van der Waals surface area (Å²) >= 11 is 0. The molecule has 0 aliphatic carbocycles. The second-order valence-electron chi connectivity index (χ2n) is 1.81. The molecular weight excluding hydrogens is 98.1 g/mol. The van der Waals surface area contributed by atoms with Gasteiger partial charge in [-0.25, -0.2) is 0 Å². The van der Waals surface area contributed by atoms with Gasteiger partial charge in [-0.05, 0) is 25.9 Å². The molecule has 0 aliphatic heterocycles. The van der Waals surface area contributed by atoms with E-state index in [4.69, 9.17) is 0 Å². The summed E-state index contributed by atoms with van der Waals surface area (Å²) in [5.74, 6) is 0. The highest BCUT2D eigenvalue weighted by atomic mass is 14.8. The third kappa shape index (κ3) is 5.96. The van der Waals surface area contributed by atoms with E-state index in [9.17, 15) is 0 Å². The quantitative estimate of drug-likeness (QED) is 0.532. The summed E-state index contributed by atoms with van der Waals surface area (Å²) in [4.78, 5) is 0. The third-order valence-electron chi connectivity index (χ3n) is 0.957. The molecule has 0 spiro atoms. The van der Waals surface area contributed by atoms with Gasteiger partial charge in [-0.1, -0.05) is 20.3 Å². The van der Waals surface area contributed by atoms with Crippen LogP contribution >= 0.6 is 0 Å². The fourth-order valence-corrected chi connectivity index (χ4v) is 0.500. The Kier molecular flexibility index (Phi) is 6.93. The molecule has 0 bridgehead atoms. The van der Waals surface area contributed by atoms with E-state index in [1.807, 2.05) is 0 Å². The molecule has 2 radical (unpaired) electrons. The first-order valence-electron chi connectivity index (χ1n) is 3.21. The first-order chi connectivity index (χ1) is 3.91. The molecule has 0 atom stereocenters. The Morgan fingerprint density at radius 3 is 2.25 bits per heavy atom. The van der Waals surface area contributed by atoms with Crippen LogP contribution in [0.3, 0.4) is 0 Å². The number of rotatable bonds is 5. The van der Waals surface area contributed by atoms with Crippen LogP contribution in [0.5, 0.6) is 0 Å². The van der Waals surface area contributed by atoms with Crippen LogP contribution in [0.4, 0.5) is 0 Å². The minimum absolute atomic E-state index is 0.983. The predicted molar refractivity (Wildman–Crippen MR) is 37.4 cm³/mol. The number of hydrogen-bond acceptors (Lipinski definition) is 1. The molecule has 0 aromatic carbocycles. The second-order valence-corrected chi connectivity index (χ2v) is 1.81. The molecule has 0 aromatic rings. The van der Waals surface area contributed by atoms with Crippen molar-refractivity contribution in [3.05, 3.63) is 13.8 Å². The minimum atomic E-state index is 0.983. The molecule has 0 rings (SSSR count). The van der Waals surface area contributed by atoms with E-state index >= 15 is 0 Å². The molecule has 1 nitrogen and oxygen atoms in total. The van der Waals surface area contributed by atoms with Gasteiger partial charge in [0, 0.05) is 0 Å². The first-order valence-corrected chi connectivity index (χ1v) is 3.21. The Morgan fingerprint density at radius 1 is 1.00 bits per heavy atom. The molecule has 0 heterocycles. The Balaban J connectivity index is 2.53. The van der Waals surface area contributed by atoms with Crippen molar-refractivity contribution in [2.75, 3.05) is 13.1 Å². The van der Waals surface area contributed by atoms with Gasteiger partial charge >= 0.3 is 0 Å². The lowest BCUT2D eigenvalue weighted by Gasteiger charge is -1.97. The molecule has 0 aliphatic rings. The van der Waals surface area contributed by atoms with E-state index in [0.29, 0.717) is 0 Å². The Bertz CT molecular complexity index is 29.4. The van der Waals surface area contributed by atoms with Gasteiger partial charge in [0.1, 0.15) is 0 Å². The zero-order valence-corrected chi connectivity index (χ0v) is 5.45. The van der Waals surface area contributed by atoms with Crippen LogP contribution in [0, 0.1) is 13.8 Å². The number of unbranched alkanes of at least 4 members (excludes halogenated alkanes) is 1. The maximum Gasteiger partial charge on any atom is -0.00489 e. The monoisotopic (exact) mass is 113 g/mol. The average molecular weight is 113 g/mol. The van der Waals surface area contributed by atoms with E-state index in [0.717, 1.165) is 25.9 Å². The topological polar surface area (TPSA) is 12.0 Å². The van der Waals surface area contributed by atoms with E-state index in [1.165, 1.54) is 6.42 Å².